The van der Waals surface area contributed by atoms with Crippen molar-refractivity contribution in [3.8, 4) is 0 Å². The standard InChI is InChI=1S/C20H25NO3/c1-5-6-7-11-18-19(17(22)12-14(3)24-18)20(23)21-16-10-8-9-13(2)15(16)4/h8-10,12H,5-7,11H2,1-4H3,(H,21,23). The molecule has 0 spiro atoms. The zero-order valence-corrected chi connectivity index (χ0v) is 14.9. The van der Waals surface area contributed by atoms with E-state index in [0.29, 0.717) is 17.9 Å². The van der Waals surface area contributed by atoms with Crippen LogP contribution in [-0.4, -0.2) is 5.91 Å². The summed E-state index contributed by atoms with van der Waals surface area (Å²) in [5, 5.41) is 2.86. The summed E-state index contributed by atoms with van der Waals surface area (Å²) >= 11 is 0. The van der Waals surface area contributed by atoms with Crippen LogP contribution in [0, 0.1) is 20.8 Å². The predicted octanol–water partition coefficient (Wildman–Crippen LogP) is 4.55. The second-order valence-electron chi connectivity index (χ2n) is 6.18. The van der Waals surface area contributed by atoms with E-state index in [9.17, 15) is 9.59 Å². The lowest BCUT2D eigenvalue weighted by Crippen LogP contribution is -2.24. The van der Waals surface area contributed by atoms with Gasteiger partial charge in [0.15, 0.2) is 5.43 Å². The molecule has 0 aliphatic rings. The summed E-state index contributed by atoms with van der Waals surface area (Å²) in [7, 11) is 0. The number of hydrogen-bond acceptors (Lipinski definition) is 3. The highest BCUT2D eigenvalue weighted by Gasteiger charge is 2.19. The van der Waals surface area contributed by atoms with Crippen molar-refractivity contribution in [2.75, 3.05) is 5.32 Å². The molecule has 1 heterocycles. The molecule has 128 valence electrons. The number of aryl methyl sites for hydroxylation is 3. The van der Waals surface area contributed by atoms with Gasteiger partial charge in [-0.1, -0.05) is 31.9 Å². The average molecular weight is 327 g/mol. The number of anilines is 1. The number of nitrogens with one attached hydrogen (secondary N) is 1. The Kier molecular flexibility index (Phi) is 5.96. The molecule has 2 aromatic rings. The fourth-order valence-electron chi connectivity index (χ4n) is 2.69. The van der Waals surface area contributed by atoms with Crippen LogP contribution in [0.5, 0.6) is 0 Å². The molecular weight excluding hydrogens is 302 g/mol. The predicted molar refractivity (Wildman–Crippen MR) is 96.8 cm³/mol. The summed E-state index contributed by atoms with van der Waals surface area (Å²) in [6.45, 7) is 7.78. The van der Waals surface area contributed by atoms with Gasteiger partial charge in [0.25, 0.3) is 5.91 Å². The average Bonchev–Trinajstić information content (AvgIpc) is 2.51. The molecule has 0 fully saturated rings. The van der Waals surface area contributed by atoms with E-state index in [1.165, 1.54) is 6.07 Å². The topological polar surface area (TPSA) is 59.3 Å². The lowest BCUT2D eigenvalue weighted by Gasteiger charge is -2.12. The van der Waals surface area contributed by atoms with Gasteiger partial charge in [-0.25, -0.2) is 0 Å². The third-order valence-electron chi connectivity index (χ3n) is 4.23. The number of benzene rings is 1. The molecule has 0 atom stereocenters. The van der Waals surface area contributed by atoms with Gasteiger partial charge >= 0.3 is 0 Å². The highest BCUT2D eigenvalue weighted by molar-refractivity contribution is 6.05. The van der Waals surface area contributed by atoms with Gasteiger partial charge in [-0.15, -0.1) is 0 Å². The maximum absolute atomic E-state index is 12.7. The second-order valence-corrected chi connectivity index (χ2v) is 6.18. The Morgan fingerprint density at radius 3 is 2.62 bits per heavy atom. The Balaban J connectivity index is 2.34. The first-order valence-electron chi connectivity index (χ1n) is 8.45. The van der Waals surface area contributed by atoms with E-state index < -0.39 is 5.91 Å². The zero-order valence-electron chi connectivity index (χ0n) is 14.9. The largest absolute Gasteiger partial charge is 0.465 e. The monoisotopic (exact) mass is 327 g/mol. The summed E-state index contributed by atoms with van der Waals surface area (Å²) in [5.74, 6) is 0.620. The lowest BCUT2D eigenvalue weighted by molar-refractivity contribution is 0.102. The van der Waals surface area contributed by atoms with Gasteiger partial charge in [0.2, 0.25) is 0 Å². The minimum atomic E-state index is -0.399. The Hall–Kier alpha value is -2.36. The minimum absolute atomic E-state index is 0.123. The highest BCUT2D eigenvalue weighted by atomic mass is 16.3. The van der Waals surface area contributed by atoms with Crippen LogP contribution in [0.3, 0.4) is 0 Å². The van der Waals surface area contributed by atoms with Crippen LogP contribution < -0.4 is 10.7 Å². The zero-order chi connectivity index (χ0) is 17.7. The normalized spacial score (nSPS) is 10.7. The van der Waals surface area contributed by atoms with E-state index in [0.717, 1.165) is 36.1 Å². The molecule has 2 rings (SSSR count). The SMILES string of the molecule is CCCCCc1oc(C)cc(=O)c1C(=O)Nc1cccc(C)c1C. The van der Waals surface area contributed by atoms with E-state index in [1.54, 1.807) is 6.92 Å². The van der Waals surface area contributed by atoms with E-state index in [4.69, 9.17) is 4.42 Å². The molecule has 0 saturated heterocycles. The molecule has 0 bridgehead atoms. The minimum Gasteiger partial charge on any atom is -0.465 e. The van der Waals surface area contributed by atoms with E-state index in [1.807, 2.05) is 32.0 Å². The quantitative estimate of drug-likeness (QED) is 0.792. The second kappa shape index (κ2) is 7.95. The molecule has 4 heteroatoms. The van der Waals surface area contributed by atoms with Gasteiger partial charge < -0.3 is 9.73 Å². The van der Waals surface area contributed by atoms with Crippen molar-refractivity contribution >= 4 is 11.6 Å². The lowest BCUT2D eigenvalue weighted by atomic mass is 10.1. The summed E-state index contributed by atoms with van der Waals surface area (Å²) in [6.07, 6.45) is 3.60. The summed E-state index contributed by atoms with van der Waals surface area (Å²) in [5.41, 5.74) is 2.65. The number of unbranched alkanes of at least 4 members (excludes halogenated alkanes) is 2. The van der Waals surface area contributed by atoms with Crippen LogP contribution in [0.4, 0.5) is 5.69 Å². The molecule has 1 N–H and O–H groups in total. The molecule has 0 unspecified atom stereocenters. The first-order chi connectivity index (χ1) is 11.4. The molecular formula is C20H25NO3. The van der Waals surface area contributed by atoms with Crippen molar-refractivity contribution in [2.45, 2.75) is 53.4 Å². The number of carbonyl (C=O) groups is 1. The molecule has 0 saturated carbocycles. The van der Waals surface area contributed by atoms with Crippen LogP contribution >= 0.6 is 0 Å². The third kappa shape index (κ3) is 4.13. The van der Waals surface area contributed by atoms with E-state index in [2.05, 4.69) is 12.2 Å². The molecule has 24 heavy (non-hydrogen) atoms. The fraction of sp³-hybridized carbons (Fsp3) is 0.400. The Labute approximate surface area is 142 Å². The van der Waals surface area contributed by atoms with E-state index >= 15 is 0 Å². The molecule has 4 nitrogen and oxygen atoms in total. The molecule has 0 aliphatic carbocycles. The fourth-order valence-corrected chi connectivity index (χ4v) is 2.69. The number of rotatable bonds is 6. The Morgan fingerprint density at radius 2 is 1.92 bits per heavy atom. The maximum Gasteiger partial charge on any atom is 0.263 e. The summed E-state index contributed by atoms with van der Waals surface area (Å²) < 4.78 is 5.69. The van der Waals surface area contributed by atoms with Gasteiger partial charge in [-0.2, -0.15) is 0 Å². The Morgan fingerprint density at radius 1 is 1.17 bits per heavy atom. The third-order valence-corrected chi connectivity index (χ3v) is 4.23. The van der Waals surface area contributed by atoms with Gasteiger partial charge in [0, 0.05) is 18.2 Å². The van der Waals surface area contributed by atoms with Crippen molar-refractivity contribution in [1.29, 1.82) is 0 Å². The summed E-state index contributed by atoms with van der Waals surface area (Å²) in [6, 6.07) is 7.09. The van der Waals surface area contributed by atoms with Crippen molar-refractivity contribution in [2.24, 2.45) is 0 Å². The van der Waals surface area contributed by atoms with Crippen molar-refractivity contribution in [3.63, 3.8) is 0 Å². The van der Waals surface area contributed by atoms with Crippen LogP contribution in [0.15, 0.2) is 33.5 Å². The van der Waals surface area contributed by atoms with Gasteiger partial charge in [0.05, 0.1) is 0 Å². The molecule has 1 amide bonds. The first kappa shape index (κ1) is 18.0. The van der Waals surface area contributed by atoms with Gasteiger partial charge in [0.1, 0.15) is 17.1 Å². The molecule has 1 aromatic heterocycles. The number of hydrogen-bond donors (Lipinski definition) is 1. The number of carbonyl (C=O) groups excluding carboxylic acids is 1. The maximum atomic E-state index is 12.7. The van der Waals surface area contributed by atoms with Crippen LogP contribution in [0.1, 0.15) is 59.2 Å². The summed E-state index contributed by atoms with van der Waals surface area (Å²) in [4.78, 5) is 25.0. The van der Waals surface area contributed by atoms with Crippen molar-refractivity contribution in [1.82, 2.24) is 0 Å². The Bertz CT molecular complexity index is 790. The van der Waals surface area contributed by atoms with Gasteiger partial charge in [-0.3, -0.25) is 9.59 Å². The van der Waals surface area contributed by atoms with Crippen molar-refractivity contribution < 1.29 is 9.21 Å². The van der Waals surface area contributed by atoms with Crippen LogP contribution in [0.25, 0.3) is 0 Å². The molecule has 0 aliphatic heterocycles. The van der Waals surface area contributed by atoms with Crippen LogP contribution in [-0.2, 0) is 6.42 Å². The smallest absolute Gasteiger partial charge is 0.263 e. The highest BCUT2D eigenvalue weighted by Crippen LogP contribution is 2.20. The first-order valence-corrected chi connectivity index (χ1v) is 8.45. The van der Waals surface area contributed by atoms with Crippen molar-refractivity contribution in [3.05, 3.63) is 62.7 Å². The number of amides is 1. The van der Waals surface area contributed by atoms with Gasteiger partial charge in [-0.05, 0) is 44.4 Å². The van der Waals surface area contributed by atoms with Crippen LogP contribution in [0.2, 0.25) is 0 Å². The van der Waals surface area contributed by atoms with E-state index in [-0.39, 0.29) is 11.0 Å². The molecule has 1 aromatic carbocycles. The molecule has 0 radical (unpaired) electrons.